The van der Waals surface area contributed by atoms with E-state index < -0.39 is 38.9 Å². The van der Waals surface area contributed by atoms with Crippen molar-refractivity contribution in [2.24, 2.45) is 10.9 Å². The predicted octanol–water partition coefficient (Wildman–Crippen LogP) is 4.42. The Morgan fingerprint density at radius 2 is 1.92 bits per heavy atom. The summed E-state index contributed by atoms with van der Waals surface area (Å²) < 4.78 is 43.2. The molecule has 2 heterocycles. The maximum atomic E-state index is 13.8. The number of fused-ring (bicyclic) bond motifs is 1. The number of aliphatic hydroxyl groups excluding tert-OH is 1. The molecule has 0 amide bonds. The highest BCUT2D eigenvalue weighted by Crippen LogP contribution is 2.54. The van der Waals surface area contributed by atoms with Gasteiger partial charge in [-0.3, -0.25) is 18.9 Å². The first-order valence-corrected chi connectivity index (χ1v) is 14.3. The number of ether oxygens (including phenoxy) is 3. The van der Waals surface area contributed by atoms with Gasteiger partial charge < -0.3 is 19.3 Å². The van der Waals surface area contributed by atoms with Crippen LogP contribution in [0, 0.1) is 5.92 Å². The molecule has 2 aromatic carbocycles. The molecule has 1 fully saturated rings. The number of methoxy groups -OCH3 is 2. The Morgan fingerprint density at radius 1 is 1.18 bits per heavy atom. The summed E-state index contributed by atoms with van der Waals surface area (Å²) in [5.74, 6) is -1.89. The first-order valence-electron chi connectivity index (χ1n) is 12.3. The minimum atomic E-state index is -3.42. The summed E-state index contributed by atoms with van der Waals surface area (Å²) in [7, 11) is -0.633. The van der Waals surface area contributed by atoms with E-state index in [4.69, 9.17) is 25.8 Å². The zero-order valence-corrected chi connectivity index (χ0v) is 23.1. The van der Waals surface area contributed by atoms with Crippen molar-refractivity contribution < 1.29 is 37.3 Å². The van der Waals surface area contributed by atoms with Crippen molar-refractivity contribution in [1.82, 2.24) is 0 Å². The molecule has 5 rings (SSSR count). The Hall–Kier alpha value is -3.57. The second kappa shape index (κ2) is 9.87. The lowest BCUT2D eigenvalue weighted by molar-refractivity contribution is -0.118. The van der Waals surface area contributed by atoms with Crippen LogP contribution in [0.15, 0.2) is 46.7 Å². The zero-order chi connectivity index (χ0) is 28.1. The highest BCUT2D eigenvalue weighted by molar-refractivity contribution is 7.92. The molecule has 2 atom stereocenters. The standard InChI is InChI=1S/C27H27ClN2O8S/c1-15-11-19(31)18(14-29-16-7-6-8-17(12-16)30-9-4-5-10-39(30,34)35)25(32)27(15)26(33)22-20(36-2)13-21(37-3)23(28)24(22)38-27/h6-8,12-15,32H,4-5,9-11H2,1-3H3/t15-,27+/m1/s1. The third-order valence-corrected chi connectivity index (χ3v) is 9.55. The number of Topliss-reactive ketones (excluding diaryl/α,β-unsaturated/α-hetero) is 2. The Balaban J connectivity index is 1.55. The van der Waals surface area contributed by atoms with Crippen LogP contribution in [0.2, 0.25) is 5.02 Å². The Morgan fingerprint density at radius 3 is 2.62 bits per heavy atom. The number of carbonyl (C=O) groups excluding carboxylic acids is 2. The van der Waals surface area contributed by atoms with Crippen molar-refractivity contribution in [3.8, 4) is 17.2 Å². The molecule has 12 heteroatoms. The van der Waals surface area contributed by atoms with Crippen LogP contribution in [-0.2, 0) is 14.8 Å². The average Bonchev–Trinajstić information content (AvgIpc) is 3.22. The predicted molar refractivity (Wildman–Crippen MR) is 146 cm³/mol. The molecule has 0 saturated carbocycles. The summed E-state index contributed by atoms with van der Waals surface area (Å²) in [5, 5.41) is 11.4. The third kappa shape index (κ3) is 4.24. The number of halogens is 1. The molecule has 0 aromatic heterocycles. The summed E-state index contributed by atoms with van der Waals surface area (Å²) in [6, 6.07) is 8.03. The van der Waals surface area contributed by atoms with E-state index in [1.165, 1.54) is 30.8 Å². The maximum absolute atomic E-state index is 13.8. The second-order valence-electron chi connectivity index (χ2n) is 9.63. The highest BCUT2D eigenvalue weighted by Gasteiger charge is 2.60. The molecule has 0 unspecified atom stereocenters. The number of anilines is 1. The monoisotopic (exact) mass is 574 g/mol. The fourth-order valence-electron chi connectivity index (χ4n) is 5.26. The zero-order valence-electron chi connectivity index (χ0n) is 21.6. The van der Waals surface area contributed by atoms with Crippen LogP contribution in [0.5, 0.6) is 17.2 Å². The summed E-state index contributed by atoms with van der Waals surface area (Å²) in [5.41, 5.74) is -1.23. The van der Waals surface area contributed by atoms with Crippen molar-refractivity contribution >= 4 is 50.8 Å². The topological polar surface area (TPSA) is 132 Å². The van der Waals surface area contributed by atoms with Crippen LogP contribution in [0.3, 0.4) is 0 Å². The first kappa shape index (κ1) is 27.0. The smallest absolute Gasteiger partial charge is 0.235 e. The molecule has 0 radical (unpaired) electrons. The van der Waals surface area contributed by atoms with E-state index in [0.717, 1.165) is 6.42 Å². The number of aliphatic imine (C=N–C) groups is 1. The minimum Gasteiger partial charge on any atom is -0.507 e. The number of nitrogens with zero attached hydrogens (tertiary/aromatic N) is 2. The van der Waals surface area contributed by atoms with Crippen LogP contribution in [0.25, 0.3) is 0 Å². The van der Waals surface area contributed by atoms with Gasteiger partial charge in [-0.2, -0.15) is 0 Å². The summed E-state index contributed by atoms with van der Waals surface area (Å²) in [6.07, 6.45) is 2.43. The molecule has 0 bridgehead atoms. The molecular weight excluding hydrogens is 548 g/mol. The number of sulfonamides is 1. The van der Waals surface area contributed by atoms with Gasteiger partial charge in [0.05, 0.1) is 36.9 Å². The van der Waals surface area contributed by atoms with E-state index in [9.17, 15) is 23.1 Å². The van der Waals surface area contributed by atoms with Crippen LogP contribution < -0.4 is 18.5 Å². The number of hydrogen-bond donors (Lipinski definition) is 1. The van der Waals surface area contributed by atoms with Gasteiger partial charge in [-0.1, -0.05) is 24.6 Å². The molecule has 1 aliphatic carbocycles. The SMILES string of the molecule is COc1cc(OC)c2c(c1Cl)O[C@]1(C2=O)C(O)=C(C=Nc2cccc(N3CCCCS3(=O)=O)c2)C(=O)C[C@H]1C. The van der Waals surface area contributed by atoms with Crippen LogP contribution >= 0.6 is 11.6 Å². The van der Waals surface area contributed by atoms with Gasteiger partial charge in [0.2, 0.25) is 21.4 Å². The van der Waals surface area contributed by atoms with Crippen molar-refractivity contribution in [3.05, 3.63) is 52.3 Å². The van der Waals surface area contributed by atoms with E-state index in [-0.39, 0.29) is 45.6 Å². The highest BCUT2D eigenvalue weighted by atomic mass is 35.5. The van der Waals surface area contributed by atoms with Crippen LogP contribution in [0.4, 0.5) is 11.4 Å². The fraction of sp³-hybridized carbons (Fsp3) is 0.370. The van der Waals surface area contributed by atoms with Gasteiger partial charge in [-0.25, -0.2) is 8.42 Å². The van der Waals surface area contributed by atoms with Gasteiger partial charge in [0, 0.05) is 31.2 Å². The minimum absolute atomic E-state index is 0.00246. The van der Waals surface area contributed by atoms with E-state index >= 15 is 0 Å². The van der Waals surface area contributed by atoms with Gasteiger partial charge in [-0.15, -0.1) is 0 Å². The summed E-state index contributed by atoms with van der Waals surface area (Å²) in [4.78, 5) is 31.2. The van der Waals surface area contributed by atoms with Gasteiger partial charge in [-0.05, 0) is 31.0 Å². The van der Waals surface area contributed by atoms with E-state index in [0.29, 0.717) is 24.3 Å². The molecule has 1 spiro atoms. The van der Waals surface area contributed by atoms with Crippen molar-refractivity contribution in [1.29, 1.82) is 0 Å². The number of ketones is 2. The Labute approximate surface area is 230 Å². The van der Waals surface area contributed by atoms with E-state index in [1.54, 1.807) is 31.2 Å². The lowest BCUT2D eigenvalue weighted by atomic mass is 9.73. The van der Waals surface area contributed by atoms with Crippen molar-refractivity contribution in [3.63, 3.8) is 0 Å². The van der Waals surface area contributed by atoms with Gasteiger partial charge in [0.25, 0.3) is 0 Å². The third-order valence-electron chi connectivity index (χ3n) is 7.32. The first-order chi connectivity index (χ1) is 18.5. The van der Waals surface area contributed by atoms with Crippen LogP contribution in [-0.4, -0.2) is 63.4 Å². The number of benzene rings is 2. The normalized spacial score (nSPS) is 24.3. The lowest BCUT2D eigenvalue weighted by Crippen LogP contribution is -2.52. The molecule has 2 aromatic rings. The molecule has 39 heavy (non-hydrogen) atoms. The van der Waals surface area contributed by atoms with Crippen molar-refractivity contribution in [2.45, 2.75) is 31.8 Å². The largest absolute Gasteiger partial charge is 0.507 e. The lowest BCUT2D eigenvalue weighted by Gasteiger charge is -2.36. The van der Waals surface area contributed by atoms with E-state index in [1.807, 2.05) is 0 Å². The molecule has 3 aliphatic rings. The Kier molecular flexibility index (Phi) is 6.84. The van der Waals surface area contributed by atoms with Gasteiger partial charge in [0.1, 0.15) is 22.1 Å². The molecule has 206 valence electrons. The molecule has 10 nitrogen and oxygen atoms in total. The van der Waals surface area contributed by atoms with E-state index in [2.05, 4.69) is 4.99 Å². The molecule has 1 saturated heterocycles. The number of carbonyl (C=O) groups is 2. The van der Waals surface area contributed by atoms with Crippen LogP contribution in [0.1, 0.15) is 36.5 Å². The molecular formula is C27H27ClN2O8S. The average molecular weight is 575 g/mol. The molecule has 2 aliphatic heterocycles. The van der Waals surface area contributed by atoms with Gasteiger partial charge >= 0.3 is 0 Å². The second-order valence-corrected chi connectivity index (χ2v) is 12.0. The Bertz CT molecular complexity index is 1550. The molecule has 1 N–H and O–H groups in total. The number of allylic oxidation sites excluding steroid dienone is 1. The summed E-state index contributed by atoms with van der Waals surface area (Å²) in [6.45, 7) is 2.00. The van der Waals surface area contributed by atoms with Gasteiger partial charge in [0.15, 0.2) is 17.3 Å². The number of rotatable bonds is 5. The fourth-order valence-corrected chi connectivity index (χ4v) is 7.15. The summed E-state index contributed by atoms with van der Waals surface area (Å²) >= 11 is 6.46. The van der Waals surface area contributed by atoms with Crippen molar-refractivity contribution in [2.75, 3.05) is 30.8 Å². The quantitative estimate of drug-likeness (QED) is 0.519. The number of hydrogen-bond acceptors (Lipinski definition) is 9. The maximum Gasteiger partial charge on any atom is 0.235 e. The number of aliphatic hydroxyl groups is 1.